The molecule has 1 atom stereocenters. The van der Waals surface area contributed by atoms with Gasteiger partial charge in [0.15, 0.2) is 0 Å². The molecule has 2 heterocycles. The number of terminal acetylenes is 1. The van der Waals surface area contributed by atoms with Gasteiger partial charge in [-0.2, -0.15) is 11.8 Å². The molecule has 1 nitrogen and oxygen atoms in total. The van der Waals surface area contributed by atoms with E-state index >= 15 is 0 Å². The van der Waals surface area contributed by atoms with Crippen molar-refractivity contribution in [2.75, 3.05) is 12.3 Å². The van der Waals surface area contributed by atoms with Gasteiger partial charge in [-0.25, -0.2) is 0 Å². The molecule has 3 heteroatoms. The number of thioether (sulfide) groups is 1. The molecule has 0 saturated heterocycles. The topological polar surface area (TPSA) is 12.0 Å². The SMILES string of the molecule is C#CCCC(NCCC)c1cc2c(s1)CCSC2. The second kappa shape index (κ2) is 7.23. The molecule has 1 N–H and O–H groups in total. The van der Waals surface area contributed by atoms with Crippen LogP contribution in [-0.2, 0) is 12.2 Å². The number of aryl methyl sites for hydroxylation is 1. The monoisotopic (exact) mass is 279 g/mol. The van der Waals surface area contributed by atoms with Crippen molar-refractivity contribution in [2.24, 2.45) is 0 Å². The summed E-state index contributed by atoms with van der Waals surface area (Å²) in [5, 5.41) is 3.64. The predicted octanol–water partition coefficient (Wildman–Crippen LogP) is 3.99. The summed E-state index contributed by atoms with van der Waals surface area (Å²) in [5.41, 5.74) is 1.57. The lowest BCUT2D eigenvalue weighted by molar-refractivity contribution is 0.512. The maximum absolute atomic E-state index is 5.40. The lowest BCUT2D eigenvalue weighted by atomic mass is 10.1. The second-order valence-corrected chi connectivity index (χ2v) is 6.92. The molecule has 0 aromatic carbocycles. The van der Waals surface area contributed by atoms with E-state index in [9.17, 15) is 0 Å². The Hall–Kier alpha value is -0.430. The van der Waals surface area contributed by atoms with Gasteiger partial charge in [-0.15, -0.1) is 23.7 Å². The third-order valence-electron chi connectivity index (χ3n) is 3.21. The Morgan fingerprint density at radius 2 is 2.44 bits per heavy atom. The fraction of sp³-hybridized carbons (Fsp3) is 0.600. The summed E-state index contributed by atoms with van der Waals surface area (Å²) in [4.78, 5) is 3.10. The number of fused-ring (bicyclic) bond motifs is 1. The van der Waals surface area contributed by atoms with Crippen LogP contribution in [0.1, 0.15) is 47.5 Å². The van der Waals surface area contributed by atoms with Gasteiger partial charge in [-0.3, -0.25) is 0 Å². The molecule has 1 aromatic rings. The minimum Gasteiger partial charge on any atom is -0.309 e. The molecule has 1 aromatic heterocycles. The second-order valence-electron chi connectivity index (χ2n) is 4.65. The Balaban J connectivity index is 2.08. The van der Waals surface area contributed by atoms with Gasteiger partial charge >= 0.3 is 0 Å². The van der Waals surface area contributed by atoms with Crippen molar-refractivity contribution in [3.63, 3.8) is 0 Å². The molecular weight excluding hydrogens is 258 g/mol. The smallest absolute Gasteiger partial charge is 0.0424 e. The van der Waals surface area contributed by atoms with Gasteiger partial charge in [0.05, 0.1) is 0 Å². The summed E-state index contributed by atoms with van der Waals surface area (Å²) in [6.45, 7) is 3.29. The van der Waals surface area contributed by atoms with Crippen molar-refractivity contribution < 1.29 is 0 Å². The summed E-state index contributed by atoms with van der Waals surface area (Å²) in [6, 6.07) is 2.87. The van der Waals surface area contributed by atoms with E-state index < -0.39 is 0 Å². The molecule has 0 amide bonds. The molecule has 1 aliphatic heterocycles. The van der Waals surface area contributed by atoms with Crippen LogP contribution in [0.3, 0.4) is 0 Å². The Morgan fingerprint density at radius 1 is 1.56 bits per heavy atom. The Kier molecular flexibility index (Phi) is 5.62. The molecule has 1 unspecified atom stereocenters. The fourth-order valence-corrected chi connectivity index (χ4v) is 4.72. The first-order valence-electron chi connectivity index (χ1n) is 6.71. The van der Waals surface area contributed by atoms with Crippen molar-refractivity contribution in [3.05, 3.63) is 21.4 Å². The van der Waals surface area contributed by atoms with Crippen LogP contribution < -0.4 is 5.32 Å². The molecule has 18 heavy (non-hydrogen) atoms. The zero-order chi connectivity index (χ0) is 12.8. The van der Waals surface area contributed by atoms with E-state index in [4.69, 9.17) is 6.42 Å². The maximum atomic E-state index is 5.40. The van der Waals surface area contributed by atoms with Crippen LogP contribution in [0.15, 0.2) is 6.07 Å². The molecule has 0 radical (unpaired) electrons. The van der Waals surface area contributed by atoms with Crippen LogP contribution in [0.5, 0.6) is 0 Å². The standard InChI is InChI=1S/C15H21NS2/c1-3-5-6-13(16-8-4-2)15-10-12-11-17-9-7-14(12)18-15/h1,10,13,16H,4-9,11H2,2H3. The minimum absolute atomic E-state index is 0.460. The molecule has 0 aliphatic carbocycles. The summed E-state index contributed by atoms with van der Waals surface area (Å²) >= 11 is 4.05. The molecule has 2 rings (SSSR count). The number of hydrogen-bond donors (Lipinski definition) is 1. The molecular formula is C15H21NS2. The first kappa shape index (κ1) is 14.0. The van der Waals surface area contributed by atoms with Gasteiger partial charge in [-0.05, 0) is 43.2 Å². The zero-order valence-electron chi connectivity index (χ0n) is 11.0. The molecule has 0 fully saturated rings. The zero-order valence-corrected chi connectivity index (χ0v) is 12.6. The van der Waals surface area contributed by atoms with Crippen LogP contribution in [0.2, 0.25) is 0 Å². The first-order valence-corrected chi connectivity index (χ1v) is 8.68. The highest BCUT2D eigenvalue weighted by Crippen LogP contribution is 2.35. The van der Waals surface area contributed by atoms with Crippen molar-refractivity contribution >= 4 is 23.1 Å². The largest absolute Gasteiger partial charge is 0.309 e. The van der Waals surface area contributed by atoms with Gasteiger partial charge < -0.3 is 5.32 Å². The highest BCUT2D eigenvalue weighted by atomic mass is 32.2. The minimum atomic E-state index is 0.460. The summed E-state index contributed by atoms with van der Waals surface area (Å²) in [7, 11) is 0. The average Bonchev–Trinajstić information content (AvgIpc) is 2.82. The molecule has 98 valence electrons. The number of hydrogen-bond acceptors (Lipinski definition) is 3. The van der Waals surface area contributed by atoms with E-state index in [1.807, 2.05) is 11.3 Å². The maximum Gasteiger partial charge on any atom is 0.0424 e. The number of thiophene rings is 1. The van der Waals surface area contributed by atoms with Crippen LogP contribution in [0.25, 0.3) is 0 Å². The van der Waals surface area contributed by atoms with Crippen LogP contribution in [0, 0.1) is 12.3 Å². The van der Waals surface area contributed by atoms with Gasteiger partial charge in [0.1, 0.15) is 0 Å². The van der Waals surface area contributed by atoms with Crippen molar-refractivity contribution in [2.45, 2.75) is 44.4 Å². The number of nitrogens with one attached hydrogen (secondary N) is 1. The van der Waals surface area contributed by atoms with E-state index in [-0.39, 0.29) is 0 Å². The predicted molar refractivity (Wildman–Crippen MR) is 83.3 cm³/mol. The van der Waals surface area contributed by atoms with Gasteiger partial charge in [0.25, 0.3) is 0 Å². The van der Waals surface area contributed by atoms with Gasteiger partial charge in [0, 0.05) is 28.0 Å². The Bertz CT molecular complexity index is 393. The summed E-state index contributed by atoms with van der Waals surface area (Å²) in [5.74, 6) is 5.24. The van der Waals surface area contributed by atoms with E-state index in [1.54, 1.807) is 10.4 Å². The first-order chi connectivity index (χ1) is 8.85. The van der Waals surface area contributed by atoms with E-state index in [2.05, 4.69) is 36.0 Å². The summed E-state index contributed by atoms with van der Waals surface area (Å²) in [6.07, 6.45) is 9.75. The van der Waals surface area contributed by atoms with E-state index in [0.717, 1.165) is 19.4 Å². The molecule has 1 aliphatic rings. The quantitative estimate of drug-likeness (QED) is 0.790. The van der Waals surface area contributed by atoms with Crippen molar-refractivity contribution in [3.8, 4) is 12.3 Å². The Labute approximate surface area is 119 Å². The van der Waals surface area contributed by atoms with Crippen molar-refractivity contribution in [1.82, 2.24) is 5.32 Å². The third kappa shape index (κ3) is 3.54. The lowest BCUT2D eigenvalue weighted by Crippen LogP contribution is -2.21. The average molecular weight is 279 g/mol. The molecule has 0 saturated carbocycles. The fourth-order valence-electron chi connectivity index (χ4n) is 2.23. The Morgan fingerprint density at radius 3 is 3.17 bits per heavy atom. The van der Waals surface area contributed by atoms with Crippen LogP contribution in [0.4, 0.5) is 0 Å². The van der Waals surface area contributed by atoms with Crippen LogP contribution >= 0.6 is 23.1 Å². The highest BCUT2D eigenvalue weighted by molar-refractivity contribution is 7.98. The van der Waals surface area contributed by atoms with Crippen LogP contribution in [-0.4, -0.2) is 12.3 Å². The normalized spacial score (nSPS) is 16.0. The highest BCUT2D eigenvalue weighted by Gasteiger charge is 2.18. The van der Waals surface area contributed by atoms with Crippen molar-refractivity contribution in [1.29, 1.82) is 0 Å². The molecule has 0 bridgehead atoms. The van der Waals surface area contributed by atoms with Gasteiger partial charge in [-0.1, -0.05) is 6.92 Å². The number of rotatable bonds is 6. The summed E-state index contributed by atoms with van der Waals surface area (Å²) < 4.78 is 0. The third-order valence-corrected chi connectivity index (χ3v) is 5.57. The molecule has 0 spiro atoms. The van der Waals surface area contributed by atoms with E-state index in [1.165, 1.54) is 29.2 Å². The van der Waals surface area contributed by atoms with E-state index in [0.29, 0.717) is 6.04 Å². The lowest BCUT2D eigenvalue weighted by Gasteiger charge is -2.15. The van der Waals surface area contributed by atoms with Gasteiger partial charge in [0.2, 0.25) is 0 Å².